The van der Waals surface area contributed by atoms with Crippen LogP contribution in [0.15, 0.2) is 36.5 Å². The Hall–Kier alpha value is -0.880. The van der Waals surface area contributed by atoms with Crippen LogP contribution in [0, 0.1) is 3.57 Å². The molecule has 0 saturated carbocycles. The van der Waals surface area contributed by atoms with Gasteiger partial charge < -0.3 is 5.32 Å². The van der Waals surface area contributed by atoms with Crippen molar-refractivity contribution in [3.8, 4) is 0 Å². The summed E-state index contributed by atoms with van der Waals surface area (Å²) in [5, 5.41) is 8.33. The topological polar surface area (TPSA) is 29.9 Å². The molecule has 1 N–H and O–H groups in total. The van der Waals surface area contributed by atoms with Crippen LogP contribution < -0.4 is 5.32 Å². The van der Waals surface area contributed by atoms with Crippen molar-refractivity contribution in [3.05, 3.63) is 51.4 Å². The Morgan fingerprint density at radius 1 is 1.29 bits per heavy atom. The second-order valence-corrected chi connectivity index (χ2v) is 6.89. The van der Waals surface area contributed by atoms with E-state index in [0.29, 0.717) is 12.1 Å². The molecule has 114 valence electrons. The van der Waals surface area contributed by atoms with E-state index >= 15 is 0 Å². The first kappa shape index (κ1) is 16.5. The van der Waals surface area contributed by atoms with E-state index in [4.69, 9.17) is 0 Å². The van der Waals surface area contributed by atoms with Gasteiger partial charge in [0, 0.05) is 28.3 Å². The first-order valence-corrected chi connectivity index (χ1v) is 8.71. The molecule has 2 aromatic rings. The van der Waals surface area contributed by atoms with Crippen molar-refractivity contribution in [2.75, 3.05) is 6.54 Å². The second-order valence-electron chi connectivity index (χ2n) is 5.65. The molecule has 0 radical (unpaired) electrons. The van der Waals surface area contributed by atoms with Gasteiger partial charge in [0.1, 0.15) is 0 Å². The van der Waals surface area contributed by atoms with Crippen molar-refractivity contribution < 1.29 is 0 Å². The summed E-state index contributed by atoms with van der Waals surface area (Å²) in [6.45, 7) is 7.54. The van der Waals surface area contributed by atoms with Crippen LogP contribution >= 0.6 is 22.6 Å². The lowest BCUT2D eigenvalue weighted by molar-refractivity contribution is 0.499. The van der Waals surface area contributed by atoms with Gasteiger partial charge in [0.15, 0.2) is 0 Å². The van der Waals surface area contributed by atoms with Gasteiger partial charge in [0.25, 0.3) is 0 Å². The van der Waals surface area contributed by atoms with Gasteiger partial charge in [-0.3, -0.25) is 4.68 Å². The molecule has 0 amide bonds. The van der Waals surface area contributed by atoms with Gasteiger partial charge in [-0.05, 0) is 73.2 Å². The molecule has 1 heterocycles. The molecule has 0 saturated heterocycles. The summed E-state index contributed by atoms with van der Waals surface area (Å²) in [6.07, 6.45) is 4.15. The molecule has 0 spiro atoms. The van der Waals surface area contributed by atoms with Gasteiger partial charge in [0.05, 0.1) is 5.69 Å². The second kappa shape index (κ2) is 7.94. The third-order valence-electron chi connectivity index (χ3n) is 3.50. The van der Waals surface area contributed by atoms with Gasteiger partial charge >= 0.3 is 0 Å². The molecule has 1 aromatic carbocycles. The maximum atomic E-state index is 4.68. The van der Waals surface area contributed by atoms with E-state index in [2.05, 4.69) is 90.3 Å². The SMILES string of the molecule is CCCNC(Cc1ccn(C(C)C)n1)c1cccc(I)c1. The quantitative estimate of drug-likeness (QED) is 0.704. The van der Waals surface area contributed by atoms with Gasteiger partial charge in [-0.2, -0.15) is 5.10 Å². The van der Waals surface area contributed by atoms with Gasteiger partial charge in [0.2, 0.25) is 0 Å². The summed E-state index contributed by atoms with van der Waals surface area (Å²) in [5.41, 5.74) is 2.49. The minimum Gasteiger partial charge on any atom is -0.310 e. The fourth-order valence-corrected chi connectivity index (χ4v) is 2.90. The summed E-state index contributed by atoms with van der Waals surface area (Å²) in [5.74, 6) is 0. The Bertz CT molecular complexity index is 563. The fourth-order valence-electron chi connectivity index (χ4n) is 2.33. The number of rotatable bonds is 7. The number of nitrogens with one attached hydrogen (secondary N) is 1. The molecule has 1 atom stereocenters. The van der Waals surface area contributed by atoms with Crippen LogP contribution in [0.25, 0.3) is 0 Å². The van der Waals surface area contributed by atoms with E-state index in [1.54, 1.807) is 0 Å². The van der Waals surface area contributed by atoms with E-state index in [1.807, 2.05) is 4.68 Å². The normalized spacial score (nSPS) is 12.8. The summed E-state index contributed by atoms with van der Waals surface area (Å²) in [6, 6.07) is 11.6. The van der Waals surface area contributed by atoms with Crippen LogP contribution in [0.1, 0.15) is 50.5 Å². The van der Waals surface area contributed by atoms with E-state index in [1.165, 1.54) is 9.13 Å². The van der Waals surface area contributed by atoms with Crippen molar-refractivity contribution in [1.29, 1.82) is 0 Å². The maximum absolute atomic E-state index is 4.68. The molecule has 0 aliphatic rings. The Kier molecular flexibility index (Phi) is 6.23. The summed E-state index contributed by atoms with van der Waals surface area (Å²) < 4.78 is 3.31. The van der Waals surface area contributed by atoms with Crippen LogP contribution in [0.5, 0.6) is 0 Å². The molecule has 0 bridgehead atoms. The van der Waals surface area contributed by atoms with E-state index < -0.39 is 0 Å². The number of benzene rings is 1. The number of hydrogen-bond donors (Lipinski definition) is 1. The molecule has 1 unspecified atom stereocenters. The van der Waals surface area contributed by atoms with Gasteiger partial charge in [-0.25, -0.2) is 0 Å². The van der Waals surface area contributed by atoms with Crippen LogP contribution in [-0.2, 0) is 6.42 Å². The molecule has 4 heteroatoms. The highest BCUT2D eigenvalue weighted by Gasteiger charge is 2.14. The molecule has 0 fully saturated rings. The zero-order valence-electron chi connectivity index (χ0n) is 13.0. The van der Waals surface area contributed by atoms with Crippen molar-refractivity contribution >= 4 is 22.6 Å². The van der Waals surface area contributed by atoms with E-state index in [9.17, 15) is 0 Å². The molecule has 1 aromatic heterocycles. The molecule has 21 heavy (non-hydrogen) atoms. The Morgan fingerprint density at radius 3 is 2.71 bits per heavy atom. The Labute approximate surface area is 141 Å². The lowest BCUT2D eigenvalue weighted by Crippen LogP contribution is -2.24. The van der Waals surface area contributed by atoms with Crippen LogP contribution in [0.3, 0.4) is 0 Å². The average molecular weight is 397 g/mol. The number of aromatic nitrogens is 2. The predicted molar refractivity (Wildman–Crippen MR) is 96.5 cm³/mol. The van der Waals surface area contributed by atoms with Crippen LogP contribution in [0.4, 0.5) is 0 Å². The summed E-state index contributed by atoms with van der Waals surface area (Å²) >= 11 is 2.37. The average Bonchev–Trinajstić information content (AvgIpc) is 2.92. The van der Waals surface area contributed by atoms with Crippen LogP contribution in [0.2, 0.25) is 0 Å². The van der Waals surface area contributed by atoms with Crippen molar-refractivity contribution in [1.82, 2.24) is 15.1 Å². The molecular formula is C17H24IN3. The lowest BCUT2D eigenvalue weighted by Gasteiger charge is -2.18. The standard InChI is InChI=1S/C17H24IN3/c1-4-9-19-17(14-6-5-7-15(18)11-14)12-16-8-10-21(20-16)13(2)3/h5-8,10-11,13,17,19H,4,9,12H2,1-3H3. The first-order chi connectivity index (χ1) is 10.1. The number of nitrogens with zero attached hydrogens (tertiary/aromatic N) is 2. The summed E-state index contributed by atoms with van der Waals surface area (Å²) in [7, 11) is 0. The number of halogens is 1. The third kappa shape index (κ3) is 4.81. The highest BCUT2D eigenvalue weighted by atomic mass is 127. The molecule has 0 aliphatic heterocycles. The monoisotopic (exact) mass is 397 g/mol. The predicted octanol–water partition coefficient (Wildman–Crippen LogP) is 4.35. The van der Waals surface area contributed by atoms with Crippen molar-refractivity contribution in [2.24, 2.45) is 0 Å². The summed E-state index contributed by atoms with van der Waals surface area (Å²) in [4.78, 5) is 0. The van der Waals surface area contributed by atoms with Crippen molar-refractivity contribution in [3.63, 3.8) is 0 Å². The van der Waals surface area contributed by atoms with Crippen LogP contribution in [-0.4, -0.2) is 16.3 Å². The zero-order chi connectivity index (χ0) is 15.2. The zero-order valence-corrected chi connectivity index (χ0v) is 15.2. The minimum atomic E-state index is 0.329. The maximum Gasteiger partial charge on any atom is 0.0643 e. The Morgan fingerprint density at radius 2 is 2.10 bits per heavy atom. The largest absolute Gasteiger partial charge is 0.310 e. The Balaban J connectivity index is 2.15. The third-order valence-corrected chi connectivity index (χ3v) is 4.17. The van der Waals surface area contributed by atoms with E-state index in [-0.39, 0.29) is 0 Å². The van der Waals surface area contributed by atoms with E-state index in [0.717, 1.165) is 25.1 Å². The first-order valence-electron chi connectivity index (χ1n) is 7.63. The fraction of sp³-hybridized carbons (Fsp3) is 0.471. The molecular weight excluding hydrogens is 373 g/mol. The molecule has 3 nitrogen and oxygen atoms in total. The minimum absolute atomic E-state index is 0.329. The highest BCUT2D eigenvalue weighted by Crippen LogP contribution is 2.20. The smallest absolute Gasteiger partial charge is 0.0643 e. The van der Waals surface area contributed by atoms with Crippen molar-refractivity contribution in [2.45, 2.75) is 45.7 Å². The molecule has 0 aliphatic carbocycles. The number of hydrogen-bond acceptors (Lipinski definition) is 2. The highest BCUT2D eigenvalue weighted by molar-refractivity contribution is 14.1. The lowest BCUT2D eigenvalue weighted by atomic mass is 10.0. The van der Waals surface area contributed by atoms with Gasteiger partial charge in [-0.15, -0.1) is 0 Å². The van der Waals surface area contributed by atoms with Gasteiger partial charge in [-0.1, -0.05) is 19.1 Å². The molecule has 2 rings (SSSR count).